The molecule has 1 aromatic heterocycles. The summed E-state index contributed by atoms with van der Waals surface area (Å²) >= 11 is 0. The molecule has 0 aliphatic carbocycles. The Morgan fingerprint density at radius 3 is 2.60 bits per heavy atom. The van der Waals surface area contributed by atoms with Crippen molar-refractivity contribution >= 4 is 16.0 Å². The van der Waals surface area contributed by atoms with Crippen LogP contribution >= 0.6 is 0 Å². The first-order chi connectivity index (χ1) is 6.88. The Balaban J connectivity index is 3.21. The minimum absolute atomic E-state index is 0.0633. The highest BCUT2D eigenvalue weighted by Crippen LogP contribution is 2.19. The van der Waals surface area contributed by atoms with Gasteiger partial charge >= 0.3 is 5.97 Å². The van der Waals surface area contributed by atoms with Gasteiger partial charge in [0.1, 0.15) is 10.7 Å². The monoisotopic (exact) mass is 233 g/mol. The molecule has 1 rings (SSSR count). The zero-order valence-corrected chi connectivity index (χ0v) is 9.09. The molecule has 1 aromatic rings. The Hall–Kier alpha value is -1.34. The molecule has 0 radical (unpaired) electrons. The minimum Gasteiger partial charge on any atom is -0.475 e. The van der Waals surface area contributed by atoms with Crippen LogP contribution in [-0.4, -0.2) is 26.0 Å². The van der Waals surface area contributed by atoms with E-state index >= 15 is 0 Å². The molecular weight excluding hydrogens is 222 g/mol. The standard InChI is InChI=1S/C8H11NO5S/c1-3-9-15(12,13)7-4-6(8(10)11)14-5(7)2/h4,9H,3H2,1-2H3,(H,10,11). The second-order valence-electron chi connectivity index (χ2n) is 2.84. The van der Waals surface area contributed by atoms with Crippen LogP contribution < -0.4 is 4.72 Å². The number of nitrogens with one attached hydrogen (secondary N) is 1. The molecule has 0 aliphatic rings. The number of furan rings is 1. The third kappa shape index (κ3) is 2.37. The van der Waals surface area contributed by atoms with Gasteiger partial charge in [-0.15, -0.1) is 0 Å². The summed E-state index contributed by atoms with van der Waals surface area (Å²) in [6.07, 6.45) is 0. The van der Waals surface area contributed by atoms with Crippen molar-refractivity contribution in [1.82, 2.24) is 4.72 Å². The molecule has 0 bridgehead atoms. The number of hydrogen-bond donors (Lipinski definition) is 2. The molecule has 15 heavy (non-hydrogen) atoms. The van der Waals surface area contributed by atoms with Crippen LogP contribution in [0.3, 0.4) is 0 Å². The summed E-state index contributed by atoms with van der Waals surface area (Å²) in [4.78, 5) is 10.4. The van der Waals surface area contributed by atoms with E-state index in [-0.39, 0.29) is 23.0 Å². The Labute approximate surface area is 87.0 Å². The molecule has 0 fully saturated rings. The van der Waals surface area contributed by atoms with Crippen molar-refractivity contribution < 1.29 is 22.7 Å². The molecule has 0 atom stereocenters. The van der Waals surface area contributed by atoms with E-state index in [0.29, 0.717) is 0 Å². The van der Waals surface area contributed by atoms with Crippen LogP contribution in [0.25, 0.3) is 0 Å². The van der Waals surface area contributed by atoms with Crippen molar-refractivity contribution in [3.8, 4) is 0 Å². The predicted octanol–water partition coefficient (Wildman–Crippen LogP) is 0.584. The molecule has 0 aliphatic heterocycles. The van der Waals surface area contributed by atoms with E-state index < -0.39 is 16.0 Å². The molecule has 0 aromatic carbocycles. The first kappa shape index (κ1) is 11.7. The van der Waals surface area contributed by atoms with E-state index in [1.165, 1.54) is 6.92 Å². The molecular formula is C8H11NO5S. The smallest absolute Gasteiger partial charge is 0.371 e. The third-order valence-corrected chi connectivity index (χ3v) is 3.36. The third-order valence-electron chi connectivity index (χ3n) is 1.71. The topological polar surface area (TPSA) is 96.6 Å². The number of sulfonamides is 1. The van der Waals surface area contributed by atoms with Gasteiger partial charge in [0.2, 0.25) is 15.8 Å². The fourth-order valence-electron chi connectivity index (χ4n) is 1.11. The lowest BCUT2D eigenvalue weighted by Gasteiger charge is -2.00. The molecule has 1 heterocycles. The summed E-state index contributed by atoms with van der Waals surface area (Å²) in [5.74, 6) is -1.62. The molecule has 0 saturated heterocycles. The zero-order chi connectivity index (χ0) is 11.6. The van der Waals surface area contributed by atoms with Crippen molar-refractivity contribution in [3.63, 3.8) is 0 Å². The van der Waals surface area contributed by atoms with Gasteiger partial charge in [-0.25, -0.2) is 17.9 Å². The Morgan fingerprint density at radius 2 is 2.20 bits per heavy atom. The molecule has 0 saturated carbocycles. The normalized spacial score (nSPS) is 11.6. The summed E-state index contributed by atoms with van der Waals surface area (Å²) in [6, 6.07) is 0.996. The molecule has 7 heteroatoms. The molecule has 0 spiro atoms. The lowest BCUT2D eigenvalue weighted by molar-refractivity contribution is 0.0661. The number of hydrogen-bond acceptors (Lipinski definition) is 4. The van der Waals surface area contributed by atoms with Gasteiger partial charge in [0.15, 0.2) is 0 Å². The van der Waals surface area contributed by atoms with Crippen molar-refractivity contribution in [2.75, 3.05) is 6.54 Å². The summed E-state index contributed by atoms with van der Waals surface area (Å²) in [5, 5.41) is 8.61. The average Bonchev–Trinajstić information content (AvgIpc) is 2.47. The van der Waals surface area contributed by atoms with Crippen LogP contribution in [0.5, 0.6) is 0 Å². The Morgan fingerprint density at radius 1 is 1.60 bits per heavy atom. The number of carbonyl (C=O) groups is 1. The summed E-state index contributed by atoms with van der Waals surface area (Å²) < 4.78 is 30.1. The predicted molar refractivity (Wildman–Crippen MR) is 51.3 cm³/mol. The number of carboxylic acid groups (broad SMARTS) is 1. The van der Waals surface area contributed by atoms with Gasteiger partial charge in [-0.1, -0.05) is 6.92 Å². The summed E-state index contributed by atoms with van der Waals surface area (Å²) in [6.45, 7) is 3.26. The molecule has 84 valence electrons. The fourth-order valence-corrected chi connectivity index (χ4v) is 2.32. The number of aryl methyl sites for hydroxylation is 1. The van der Waals surface area contributed by atoms with Gasteiger partial charge in [0.25, 0.3) is 0 Å². The summed E-state index contributed by atoms with van der Waals surface area (Å²) in [7, 11) is -3.66. The van der Waals surface area contributed by atoms with Crippen molar-refractivity contribution in [2.45, 2.75) is 18.7 Å². The Bertz CT molecular complexity index is 473. The van der Waals surface area contributed by atoms with E-state index in [4.69, 9.17) is 9.52 Å². The quantitative estimate of drug-likeness (QED) is 0.793. The van der Waals surface area contributed by atoms with Crippen molar-refractivity contribution in [2.24, 2.45) is 0 Å². The first-order valence-corrected chi connectivity index (χ1v) is 5.70. The molecule has 0 unspecified atom stereocenters. The zero-order valence-electron chi connectivity index (χ0n) is 8.27. The van der Waals surface area contributed by atoms with Gasteiger partial charge < -0.3 is 9.52 Å². The first-order valence-electron chi connectivity index (χ1n) is 4.22. The molecule has 2 N–H and O–H groups in total. The van der Waals surface area contributed by atoms with Crippen LogP contribution in [-0.2, 0) is 10.0 Å². The molecule has 6 nitrogen and oxygen atoms in total. The van der Waals surface area contributed by atoms with Crippen molar-refractivity contribution in [1.29, 1.82) is 0 Å². The van der Waals surface area contributed by atoms with Gasteiger partial charge in [0, 0.05) is 12.6 Å². The van der Waals surface area contributed by atoms with Crippen LogP contribution in [0, 0.1) is 6.92 Å². The van der Waals surface area contributed by atoms with E-state index in [2.05, 4.69) is 4.72 Å². The van der Waals surface area contributed by atoms with Crippen LogP contribution in [0.2, 0.25) is 0 Å². The average molecular weight is 233 g/mol. The van der Waals surface area contributed by atoms with Gasteiger partial charge in [-0.3, -0.25) is 0 Å². The van der Waals surface area contributed by atoms with Gasteiger partial charge in [-0.2, -0.15) is 0 Å². The highest BCUT2D eigenvalue weighted by atomic mass is 32.2. The lowest BCUT2D eigenvalue weighted by Crippen LogP contribution is -2.23. The minimum atomic E-state index is -3.66. The van der Waals surface area contributed by atoms with Crippen LogP contribution in [0.4, 0.5) is 0 Å². The van der Waals surface area contributed by atoms with E-state index in [9.17, 15) is 13.2 Å². The number of carboxylic acids is 1. The van der Waals surface area contributed by atoms with E-state index in [1.807, 2.05) is 0 Å². The van der Waals surface area contributed by atoms with Gasteiger partial charge in [0.05, 0.1) is 0 Å². The fraction of sp³-hybridized carbons (Fsp3) is 0.375. The molecule has 0 amide bonds. The number of aromatic carboxylic acids is 1. The van der Waals surface area contributed by atoms with Crippen molar-refractivity contribution in [3.05, 3.63) is 17.6 Å². The largest absolute Gasteiger partial charge is 0.475 e. The number of rotatable bonds is 4. The van der Waals surface area contributed by atoms with E-state index in [0.717, 1.165) is 6.07 Å². The van der Waals surface area contributed by atoms with Crippen LogP contribution in [0.15, 0.2) is 15.4 Å². The summed E-state index contributed by atoms with van der Waals surface area (Å²) in [5.41, 5.74) is 0. The highest BCUT2D eigenvalue weighted by Gasteiger charge is 2.22. The maximum Gasteiger partial charge on any atom is 0.371 e. The maximum atomic E-state index is 11.5. The maximum absolute atomic E-state index is 11.5. The SMILES string of the molecule is CCNS(=O)(=O)c1cc(C(=O)O)oc1C. The lowest BCUT2D eigenvalue weighted by atomic mass is 10.4. The second-order valence-corrected chi connectivity index (χ2v) is 4.57. The Kier molecular flexibility index (Phi) is 3.15. The van der Waals surface area contributed by atoms with Crippen LogP contribution in [0.1, 0.15) is 23.2 Å². The van der Waals surface area contributed by atoms with E-state index in [1.54, 1.807) is 6.92 Å². The second kappa shape index (κ2) is 4.03. The van der Waals surface area contributed by atoms with Gasteiger partial charge in [-0.05, 0) is 6.92 Å². The highest BCUT2D eigenvalue weighted by molar-refractivity contribution is 7.89.